The molecular weight excluding hydrogens is 233 g/mol. The smallest absolute Gasteiger partial charge is 0.381 e. The highest BCUT2D eigenvalue weighted by Crippen LogP contribution is 2.22. The van der Waals surface area contributed by atoms with Gasteiger partial charge in [-0.15, -0.1) is 0 Å². The van der Waals surface area contributed by atoms with Crippen molar-refractivity contribution >= 4 is 0 Å². The third-order valence-electron chi connectivity index (χ3n) is 2.97. The largest absolute Gasteiger partial charge is 0.401 e. The van der Waals surface area contributed by atoms with Gasteiger partial charge in [-0.3, -0.25) is 4.90 Å². The maximum Gasteiger partial charge on any atom is 0.401 e. The molecule has 0 aromatic carbocycles. The molecule has 0 aromatic heterocycles. The monoisotopic (exact) mass is 254 g/mol. The van der Waals surface area contributed by atoms with Crippen LogP contribution in [0.15, 0.2) is 0 Å². The lowest BCUT2D eigenvalue weighted by Crippen LogP contribution is -2.55. The molecule has 6 heteroatoms. The van der Waals surface area contributed by atoms with Crippen LogP contribution in [0.25, 0.3) is 0 Å². The first-order chi connectivity index (χ1) is 7.85. The summed E-state index contributed by atoms with van der Waals surface area (Å²) >= 11 is 0. The van der Waals surface area contributed by atoms with E-state index < -0.39 is 18.3 Å². The van der Waals surface area contributed by atoms with Crippen molar-refractivity contribution in [3.05, 3.63) is 0 Å². The molecule has 0 radical (unpaired) electrons. The van der Waals surface area contributed by atoms with Crippen LogP contribution in [0.4, 0.5) is 13.2 Å². The van der Waals surface area contributed by atoms with Gasteiger partial charge in [-0.1, -0.05) is 6.92 Å². The van der Waals surface area contributed by atoms with E-state index >= 15 is 0 Å². The van der Waals surface area contributed by atoms with E-state index in [1.54, 1.807) is 0 Å². The first-order valence-electron chi connectivity index (χ1n) is 6.00. The van der Waals surface area contributed by atoms with Gasteiger partial charge in [0.1, 0.15) is 0 Å². The van der Waals surface area contributed by atoms with E-state index in [0.717, 1.165) is 0 Å². The molecule has 1 fully saturated rings. The van der Waals surface area contributed by atoms with Crippen molar-refractivity contribution in [3.63, 3.8) is 0 Å². The van der Waals surface area contributed by atoms with E-state index in [1.807, 2.05) is 6.92 Å². The number of nitrogens with zero attached hydrogens (tertiary/aromatic N) is 1. The number of rotatable bonds is 5. The predicted octanol–water partition coefficient (Wildman–Crippen LogP) is 1.77. The molecule has 0 spiro atoms. The Morgan fingerprint density at radius 3 is 2.35 bits per heavy atom. The van der Waals surface area contributed by atoms with Crippen LogP contribution in [-0.2, 0) is 4.74 Å². The molecule has 0 bridgehead atoms. The number of ether oxygens (including phenoxy) is 1. The maximum atomic E-state index is 12.4. The summed E-state index contributed by atoms with van der Waals surface area (Å²) in [6.45, 7) is 2.81. The SMILES string of the molecule is CCCN(CC(F)(F)F)CC1(N)CCOCC1. The Morgan fingerprint density at radius 1 is 1.29 bits per heavy atom. The molecule has 3 nitrogen and oxygen atoms in total. The van der Waals surface area contributed by atoms with Gasteiger partial charge in [-0.25, -0.2) is 0 Å². The number of hydrogen-bond donors (Lipinski definition) is 1. The fourth-order valence-electron chi connectivity index (χ4n) is 2.17. The summed E-state index contributed by atoms with van der Waals surface area (Å²) in [5.41, 5.74) is 5.59. The molecule has 0 atom stereocenters. The Morgan fingerprint density at radius 2 is 1.88 bits per heavy atom. The summed E-state index contributed by atoms with van der Waals surface area (Å²) in [5.74, 6) is 0. The van der Waals surface area contributed by atoms with Crippen molar-refractivity contribution in [1.82, 2.24) is 4.90 Å². The second-order valence-electron chi connectivity index (χ2n) is 4.80. The molecule has 1 aliphatic heterocycles. The van der Waals surface area contributed by atoms with Crippen LogP contribution in [0, 0.1) is 0 Å². The van der Waals surface area contributed by atoms with E-state index in [1.165, 1.54) is 4.90 Å². The number of nitrogens with two attached hydrogens (primary N) is 1. The lowest BCUT2D eigenvalue weighted by atomic mass is 9.90. The molecule has 0 amide bonds. The van der Waals surface area contributed by atoms with Crippen molar-refractivity contribution in [2.45, 2.75) is 37.9 Å². The van der Waals surface area contributed by atoms with Crippen LogP contribution in [-0.4, -0.2) is 49.5 Å². The maximum absolute atomic E-state index is 12.4. The van der Waals surface area contributed by atoms with Crippen molar-refractivity contribution in [3.8, 4) is 0 Å². The molecule has 1 rings (SSSR count). The highest BCUT2D eigenvalue weighted by molar-refractivity contribution is 4.90. The third kappa shape index (κ3) is 5.70. The molecule has 1 saturated heterocycles. The second-order valence-corrected chi connectivity index (χ2v) is 4.80. The molecule has 102 valence electrons. The zero-order valence-electron chi connectivity index (χ0n) is 10.2. The first kappa shape index (κ1) is 14.7. The Labute approximate surface area is 100 Å². The van der Waals surface area contributed by atoms with Gasteiger partial charge in [0.25, 0.3) is 0 Å². The van der Waals surface area contributed by atoms with Gasteiger partial charge in [0, 0.05) is 25.3 Å². The molecule has 1 heterocycles. The zero-order chi connectivity index (χ0) is 12.9. The standard InChI is InChI=1S/C11H21F3N2O/c1-2-5-16(9-11(12,13)14)8-10(15)3-6-17-7-4-10/h2-9,15H2,1H3. The summed E-state index contributed by atoms with van der Waals surface area (Å²) in [7, 11) is 0. The van der Waals surface area contributed by atoms with E-state index in [9.17, 15) is 13.2 Å². The highest BCUT2D eigenvalue weighted by Gasteiger charge is 2.35. The third-order valence-corrected chi connectivity index (χ3v) is 2.97. The lowest BCUT2D eigenvalue weighted by molar-refractivity contribution is -0.148. The fraction of sp³-hybridized carbons (Fsp3) is 1.00. The first-order valence-corrected chi connectivity index (χ1v) is 6.00. The molecule has 17 heavy (non-hydrogen) atoms. The van der Waals surface area contributed by atoms with Crippen molar-refractivity contribution in [2.75, 3.05) is 32.8 Å². The quantitative estimate of drug-likeness (QED) is 0.812. The molecule has 0 saturated carbocycles. The summed E-state index contributed by atoms with van der Waals surface area (Å²) in [6.07, 6.45) is -2.20. The molecule has 1 aliphatic rings. The van der Waals surface area contributed by atoms with Crippen molar-refractivity contribution in [1.29, 1.82) is 0 Å². The molecule has 0 aliphatic carbocycles. The van der Waals surface area contributed by atoms with Crippen molar-refractivity contribution in [2.24, 2.45) is 5.73 Å². The summed E-state index contributed by atoms with van der Waals surface area (Å²) in [6, 6.07) is 0. The molecule has 0 unspecified atom stereocenters. The zero-order valence-corrected chi connectivity index (χ0v) is 10.2. The van der Waals surface area contributed by atoms with Crippen molar-refractivity contribution < 1.29 is 17.9 Å². The Bertz CT molecular complexity index is 227. The fourth-order valence-corrected chi connectivity index (χ4v) is 2.17. The van der Waals surface area contributed by atoms with Crippen LogP contribution >= 0.6 is 0 Å². The average molecular weight is 254 g/mol. The Kier molecular flexibility index (Phi) is 5.22. The van der Waals surface area contributed by atoms with Gasteiger partial charge in [0.2, 0.25) is 0 Å². The van der Waals surface area contributed by atoms with E-state index in [4.69, 9.17) is 10.5 Å². The molecule has 0 aromatic rings. The molecule has 2 N–H and O–H groups in total. The van der Waals surface area contributed by atoms with Crippen LogP contribution in [0.2, 0.25) is 0 Å². The minimum absolute atomic E-state index is 0.295. The normalized spacial score (nSPS) is 20.8. The van der Waals surface area contributed by atoms with E-state index in [2.05, 4.69) is 0 Å². The Hall–Kier alpha value is -0.330. The summed E-state index contributed by atoms with van der Waals surface area (Å²) < 4.78 is 42.4. The van der Waals surface area contributed by atoms with Gasteiger partial charge in [0.15, 0.2) is 0 Å². The second kappa shape index (κ2) is 6.02. The van der Waals surface area contributed by atoms with Crippen LogP contribution in [0.1, 0.15) is 26.2 Å². The summed E-state index contributed by atoms with van der Waals surface area (Å²) in [5, 5.41) is 0. The van der Waals surface area contributed by atoms with E-state index in [0.29, 0.717) is 45.6 Å². The van der Waals surface area contributed by atoms with Gasteiger partial charge < -0.3 is 10.5 Å². The highest BCUT2D eigenvalue weighted by atomic mass is 19.4. The minimum atomic E-state index is -4.16. The van der Waals surface area contributed by atoms with Gasteiger partial charge in [0.05, 0.1) is 6.54 Å². The van der Waals surface area contributed by atoms with Crippen LogP contribution in [0.3, 0.4) is 0 Å². The summed E-state index contributed by atoms with van der Waals surface area (Å²) in [4.78, 5) is 1.41. The van der Waals surface area contributed by atoms with Crippen LogP contribution in [0.5, 0.6) is 0 Å². The Balaban J connectivity index is 2.52. The van der Waals surface area contributed by atoms with Gasteiger partial charge in [-0.05, 0) is 25.8 Å². The van der Waals surface area contributed by atoms with Gasteiger partial charge in [-0.2, -0.15) is 13.2 Å². The average Bonchev–Trinajstić information content (AvgIpc) is 2.15. The lowest BCUT2D eigenvalue weighted by Gasteiger charge is -2.38. The topological polar surface area (TPSA) is 38.5 Å². The predicted molar refractivity (Wildman–Crippen MR) is 59.8 cm³/mol. The number of halogens is 3. The van der Waals surface area contributed by atoms with Crippen LogP contribution < -0.4 is 5.73 Å². The molecular formula is C11H21F3N2O. The van der Waals surface area contributed by atoms with Gasteiger partial charge >= 0.3 is 6.18 Å². The minimum Gasteiger partial charge on any atom is -0.381 e. The number of alkyl halides is 3. The van der Waals surface area contributed by atoms with E-state index in [-0.39, 0.29) is 0 Å². The number of hydrogen-bond acceptors (Lipinski definition) is 3.